The molecule has 3 nitrogen and oxygen atoms in total. The summed E-state index contributed by atoms with van der Waals surface area (Å²) < 4.78 is 4.96. The fraction of sp³-hybridized carbons (Fsp3) is 0.364. The summed E-state index contributed by atoms with van der Waals surface area (Å²) in [5, 5.41) is 9.85. The Hall–Kier alpha value is -0.831. The molecule has 1 aromatic carbocycles. The van der Waals surface area contributed by atoms with Crippen LogP contribution < -0.4 is 0 Å². The minimum absolute atomic E-state index is 0.230. The molecule has 0 aliphatic carbocycles. The van der Waals surface area contributed by atoms with Crippen LogP contribution in [0.4, 0.5) is 0 Å². The molecule has 4 heteroatoms. The van der Waals surface area contributed by atoms with Crippen molar-refractivity contribution in [3.63, 3.8) is 0 Å². The zero-order valence-corrected chi connectivity index (χ0v) is 10.3. The molecule has 0 aliphatic rings. The number of aliphatic hydroxyl groups excluding tert-OH is 1. The molecular weight excluding hydrogens is 259 g/mol. The Morgan fingerprint density at radius 2 is 2.13 bits per heavy atom. The summed E-state index contributed by atoms with van der Waals surface area (Å²) in [4.78, 5) is 11.2. The molecule has 0 unspecified atom stereocenters. The van der Waals surface area contributed by atoms with Crippen LogP contribution in [0.15, 0.2) is 30.3 Å². The first-order chi connectivity index (χ1) is 7.24. The van der Waals surface area contributed by atoms with Crippen LogP contribution in [0.3, 0.4) is 0 Å². The second-order valence-electron chi connectivity index (χ2n) is 3.06. The summed E-state index contributed by atoms with van der Waals surface area (Å²) in [6.07, 6.45) is -0.960. The van der Waals surface area contributed by atoms with E-state index in [0.29, 0.717) is 5.32 Å². The average Bonchev–Trinajstić information content (AvgIpc) is 2.27. The van der Waals surface area contributed by atoms with Crippen LogP contribution in [0.1, 0.15) is 5.56 Å². The van der Waals surface area contributed by atoms with Crippen molar-refractivity contribution >= 4 is 20.9 Å². The van der Waals surface area contributed by atoms with E-state index in [1.807, 2.05) is 36.2 Å². The molecule has 15 heavy (non-hydrogen) atoms. The summed E-state index contributed by atoms with van der Waals surface area (Å²) >= 11 is 0.283. The van der Waals surface area contributed by atoms with Crippen molar-refractivity contribution in [2.45, 2.75) is 23.9 Å². The van der Waals surface area contributed by atoms with Gasteiger partial charge in [0.15, 0.2) is 0 Å². The Balaban J connectivity index is 2.34. The van der Waals surface area contributed by atoms with E-state index in [1.165, 1.54) is 0 Å². The Morgan fingerprint density at radius 3 is 2.73 bits per heavy atom. The summed E-state index contributed by atoms with van der Waals surface area (Å²) in [6, 6.07) is 9.43. The van der Waals surface area contributed by atoms with E-state index in [0.717, 1.165) is 5.56 Å². The van der Waals surface area contributed by atoms with Gasteiger partial charge in [-0.2, -0.15) is 0 Å². The van der Waals surface area contributed by atoms with E-state index in [4.69, 9.17) is 4.74 Å². The zero-order valence-electron chi connectivity index (χ0n) is 8.55. The number of esters is 1. The molecule has 0 radical (unpaired) electrons. The normalized spacial score (nSPS) is 12.1. The summed E-state index contributed by atoms with van der Waals surface area (Å²) in [7, 11) is 0. The van der Waals surface area contributed by atoms with E-state index in [9.17, 15) is 9.90 Å². The van der Waals surface area contributed by atoms with Gasteiger partial charge in [0.05, 0.1) is 0 Å². The molecule has 0 aliphatic heterocycles. The number of benzene rings is 1. The third-order valence-electron chi connectivity index (χ3n) is 1.82. The summed E-state index contributed by atoms with van der Waals surface area (Å²) in [5.41, 5.74) is 0.931. The van der Waals surface area contributed by atoms with E-state index in [1.54, 1.807) is 0 Å². The molecule has 1 rings (SSSR count). The maximum absolute atomic E-state index is 11.2. The van der Waals surface area contributed by atoms with Gasteiger partial charge in [-0.3, -0.25) is 0 Å². The Bertz CT molecular complexity index is 300. The van der Waals surface area contributed by atoms with Crippen LogP contribution in [-0.4, -0.2) is 32.1 Å². The van der Waals surface area contributed by atoms with E-state index < -0.39 is 12.1 Å². The number of ether oxygens (including phenoxy) is 1. The topological polar surface area (TPSA) is 46.5 Å². The van der Waals surface area contributed by atoms with Gasteiger partial charge in [0.25, 0.3) is 0 Å². The monoisotopic (exact) mass is 274 g/mol. The molecule has 0 saturated carbocycles. The first kappa shape index (κ1) is 12.2. The first-order valence-electron chi connectivity index (χ1n) is 4.61. The number of hydrogen-bond acceptors (Lipinski definition) is 3. The SMILES string of the molecule is C[Se]C[C@@H](O)C(=O)OCc1ccccc1. The van der Waals surface area contributed by atoms with Gasteiger partial charge >= 0.3 is 95.3 Å². The van der Waals surface area contributed by atoms with E-state index in [2.05, 4.69) is 0 Å². The summed E-state index contributed by atoms with van der Waals surface area (Å²) in [5.74, 6) is 1.45. The van der Waals surface area contributed by atoms with Crippen LogP contribution in [0.25, 0.3) is 0 Å². The van der Waals surface area contributed by atoms with Gasteiger partial charge in [-0.05, 0) is 0 Å². The van der Waals surface area contributed by atoms with Gasteiger partial charge in [-0.15, -0.1) is 0 Å². The second kappa shape index (κ2) is 6.62. The average molecular weight is 273 g/mol. The van der Waals surface area contributed by atoms with E-state index >= 15 is 0 Å². The molecule has 82 valence electrons. The molecule has 0 aromatic heterocycles. The van der Waals surface area contributed by atoms with Gasteiger partial charge in [0.1, 0.15) is 0 Å². The van der Waals surface area contributed by atoms with Crippen molar-refractivity contribution in [3.05, 3.63) is 35.9 Å². The van der Waals surface area contributed by atoms with Crippen molar-refractivity contribution in [3.8, 4) is 0 Å². The zero-order chi connectivity index (χ0) is 11.1. The molecule has 1 N–H and O–H groups in total. The molecular formula is C11H14O3Se. The molecule has 0 fully saturated rings. The molecule has 0 saturated heterocycles. The maximum atomic E-state index is 11.2. The predicted molar refractivity (Wildman–Crippen MR) is 58.7 cm³/mol. The van der Waals surface area contributed by atoms with E-state index in [-0.39, 0.29) is 21.6 Å². The van der Waals surface area contributed by atoms with Crippen molar-refractivity contribution in [2.24, 2.45) is 0 Å². The van der Waals surface area contributed by atoms with Gasteiger partial charge in [-0.25, -0.2) is 0 Å². The van der Waals surface area contributed by atoms with Crippen molar-refractivity contribution < 1.29 is 14.6 Å². The second-order valence-corrected chi connectivity index (χ2v) is 4.98. The number of aliphatic hydroxyl groups is 1. The number of carbonyl (C=O) groups excluding carboxylic acids is 1. The molecule has 1 atom stereocenters. The minimum atomic E-state index is -0.960. The molecule has 0 amide bonds. The van der Waals surface area contributed by atoms with Crippen LogP contribution in [0.5, 0.6) is 0 Å². The third kappa shape index (κ3) is 4.47. The van der Waals surface area contributed by atoms with Crippen molar-refractivity contribution in [1.82, 2.24) is 0 Å². The first-order valence-corrected chi connectivity index (χ1v) is 7.54. The van der Waals surface area contributed by atoms with Gasteiger partial charge < -0.3 is 0 Å². The van der Waals surface area contributed by atoms with Gasteiger partial charge in [-0.1, -0.05) is 0 Å². The molecule has 0 spiro atoms. The van der Waals surface area contributed by atoms with Crippen LogP contribution in [0.2, 0.25) is 11.1 Å². The molecule has 0 heterocycles. The van der Waals surface area contributed by atoms with Crippen LogP contribution in [-0.2, 0) is 16.1 Å². The van der Waals surface area contributed by atoms with Gasteiger partial charge in [0, 0.05) is 0 Å². The number of hydrogen-bond donors (Lipinski definition) is 1. The predicted octanol–water partition coefficient (Wildman–Crippen LogP) is 1.26. The fourth-order valence-electron chi connectivity index (χ4n) is 1.05. The van der Waals surface area contributed by atoms with Gasteiger partial charge in [0.2, 0.25) is 0 Å². The standard InChI is InChI=1S/C11H14O3Se/c1-15-8-10(12)11(13)14-7-9-5-3-2-4-6-9/h2-6,10,12H,7-8H2,1H3/t10-/m1/s1. The number of carbonyl (C=O) groups is 1. The quantitative estimate of drug-likeness (QED) is 0.649. The van der Waals surface area contributed by atoms with Crippen LogP contribution in [0, 0.1) is 0 Å². The Morgan fingerprint density at radius 1 is 1.47 bits per heavy atom. The van der Waals surface area contributed by atoms with Crippen molar-refractivity contribution in [1.29, 1.82) is 0 Å². The van der Waals surface area contributed by atoms with Crippen molar-refractivity contribution in [2.75, 3.05) is 0 Å². The molecule has 0 bridgehead atoms. The Kier molecular flexibility index (Phi) is 5.40. The van der Waals surface area contributed by atoms with Crippen LogP contribution >= 0.6 is 0 Å². The Labute approximate surface area is 95.6 Å². The summed E-state index contributed by atoms with van der Waals surface area (Å²) in [6.45, 7) is 0.230. The fourth-order valence-corrected chi connectivity index (χ4v) is 2.00. The number of rotatable bonds is 5. The third-order valence-corrected chi connectivity index (χ3v) is 3.18. The molecule has 1 aromatic rings.